The quantitative estimate of drug-likeness (QED) is 0.868. The van der Waals surface area contributed by atoms with Crippen LogP contribution in [0.25, 0.3) is 11.5 Å². The lowest BCUT2D eigenvalue weighted by molar-refractivity contribution is 0.336. The fourth-order valence-corrected chi connectivity index (χ4v) is 1.56. The molecule has 0 aliphatic carbocycles. The van der Waals surface area contributed by atoms with Gasteiger partial charge in [0.1, 0.15) is 12.0 Å². The van der Waals surface area contributed by atoms with Gasteiger partial charge in [-0.3, -0.25) is 0 Å². The van der Waals surface area contributed by atoms with Gasteiger partial charge in [0.15, 0.2) is 0 Å². The first-order chi connectivity index (χ1) is 9.15. The molecule has 0 aliphatic heterocycles. The van der Waals surface area contributed by atoms with Crippen LogP contribution in [0.15, 0.2) is 16.9 Å². The Morgan fingerprint density at radius 1 is 1.32 bits per heavy atom. The van der Waals surface area contributed by atoms with Gasteiger partial charge in [-0.2, -0.15) is 4.98 Å². The van der Waals surface area contributed by atoms with Crippen molar-refractivity contribution >= 4 is 0 Å². The lowest BCUT2D eigenvalue weighted by Crippen LogP contribution is -2.27. The molecule has 0 saturated heterocycles. The molecular weight excluding hydrogens is 246 g/mol. The lowest BCUT2D eigenvalue weighted by Gasteiger charge is -2.14. The second kappa shape index (κ2) is 5.75. The molecule has 2 atom stereocenters. The van der Waals surface area contributed by atoms with Crippen molar-refractivity contribution < 1.29 is 9.26 Å². The van der Waals surface area contributed by atoms with Gasteiger partial charge in [-0.15, -0.1) is 0 Å². The van der Waals surface area contributed by atoms with Gasteiger partial charge in [0.25, 0.3) is 0 Å². The van der Waals surface area contributed by atoms with Gasteiger partial charge in [-0.1, -0.05) is 12.1 Å². The maximum absolute atomic E-state index is 5.27. The van der Waals surface area contributed by atoms with E-state index < -0.39 is 0 Å². The Kier molecular flexibility index (Phi) is 4.06. The van der Waals surface area contributed by atoms with E-state index in [9.17, 15) is 0 Å². The maximum atomic E-state index is 5.27. The molecule has 2 rings (SSSR count). The van der Waals surface area contributed by atoms with Gasteiger partial charge in [0.05, 0.1) is 13.0 Å². The van der Waals surface area contributed by atoms with Gasteiger partial charge in [0.2, 0.25) is 17.6 Å². The normalized spacial score (nSPS) is 14.1. The Morgan fingerprint density at radius 2 is 2.11 bits per heavy atom. The van der Waals surface area contributed by atoms with E-state index in [1.807, 2.05) is 14.0 Å². The van der Waals surface area contributed by atoms with E-state index in [1.165, 1.54) is 6.33 Å². The summed E-state index contributed by atoms with van der Waals surface area (Å²) in [5.41, 5.74) is 0.575. The third kappa shape index (κ3) is 2.87. The third-order valence-electron chi connectivity index (χ3n) is 3.12. The maximum Gasteiger partial charge on any atom is 0.231 e. The van der Waals surface area contributed by atoms with Crippen LogP contribution >= 0.6 is 0 Å². The Balaban J connectivity index is 2.25. The Labute approximate surface area is 111 Å². The van der Waals surface area contributed by atoms with Crippen molar-refractivity contribution in [3.05, 3.63) is 18.3 Å². The van der Waals surface area contributed by atoms with Crippen molar-refractivity contribution in [3.8, 4) is 17.4 Å². The summed E-state index contributed by atoms with van der Waals surface area (Å²) in [5.74, 6) is 1.60. The number of nitrogens with zero attached hydrogens (tertiary/aromatic N) is 4. The number of nitrogens with one attached hydrogen (secondary N) is 1. The van der Waals surface area contributed by atoms with Gasteiger partial charge in [0, 0.05) is 12.1 Å². The minimum Gasteiger partial charge on any atom is -0.481 e. The molecule has 0 aromatic carbocycles. The molecule has 1 N–H and O–H groups in total. The summed E-state index contributed by atoms with van der Waals surface area (Å²) in [6, 6.07) is 1.91. The highest BCUT2D eigenvalue weighted by Crippen LogP contribution is 2.21. The zero-order chi connectivity index (χ0) is 13.8. The first kappa shape index (κ1) is 13.4. The van der Waals surface area contributed by atoms with Gasteiger partial charge >= 0.3 is 0 Å². The Morgan fingerprint density at radius 3 is 2.79 bits per heavy atom. The minimum atomic E-state index is 0.120. The van der Waals surface area contributed by atoms with Crippen LogP contribution in [0.2, 0.25) is 0 Å². The molecule has 102 valence electrons. The summed E-state index contributed by atoms with van der Waals surface area (Å²) in [5, 5.41) is 7.10. The molecular formula is C12H17N5O2. The smallest absolute Gasteiger partial charge is 0.231 e. The molecule has 2 unspecified atom stereocenters. The molecule has 7 nitrogen and oxygen atoms in total. The lowest BCUT2D eigenvalue weighted by atomic mass is 10.0. The number of rotatable bonds is 5. The fraction of sp³-hybridized carbons (Fsp3) is 0.500. The number of methoxy groups -OCH3 is 1. The number of aromatic nitrogens is 4. The largest absolute Gasteiger partial charge is 0.481 e. The van der Waals surface area contributed by atoms with Crippen LogP contribution in [-0.4, -0.2) is 40.3 Å². The monoisotopic (exact) mass is 263 g/mol. The van der Waals surface area contributed by atoms with Gasteiger partial charge in [-0.05, 0) is 14.0 Å². The Bertz CT molecular complexity index is 542. The van der Waals surface area contributed by atoms with Gasteiger partial charge in [-0.25, -0.2) is 9.97 Å². The molecule has 0 amide bonds. The third-order valence-corrected chi connectivity index (χ3v) is 3.12. The molecule has 0 saturated carbocycles. The molecule has 0 bridgehead atoms. The van der Waals surface area contributed by atoms with E-state index in [1.54, 1.807) is 13.2 Å². The molecule has 2 aromatic heterocycles. The summed E-state index contributed by atoms with van der Waals surface area (Å²) in [7, 11) is 3.44. The molecule has 0 aliphatic rings. The highest BCUT2D eigenvalue weighted by molar-refractivity contribution is 5.49. The molecule has 0 spiro atoms. The first-order valence-corrected chi connectivity index (χ1v) is 6.03. The number of hydrogen-bond donors (Lipinski definition) is 1. The van der Waals surface area contributed by atoms with Crippen LogP contribution in [0, 0.1) is 0 Å². The first-order valence-electron chi connectivity index (χ1n) is 6.03. The summed E-state index contributed by atoms with van der Waals surface area (Å²) in [6.07, 6.45) is 1.41. The van der Waals surface area contributed by atoms with E-state index in [0.717, 1.165) is 0 Å². The zero-order valence-corrected chi connectivity index (χ0v) is 11.4. The molecule has 2 heterocycles. The SMILES string of the molecule is CNC(C)C(C)c1nc(-c2cc(OC)ncn2)no1. The minimum absolute atomic E-state index is 0.120. The van der Waals surface area contributed by atoms with Crippen LogP contribution in [0.1, 0.15) is 25.7 Å². The van der Waals surface area contributed by atoms with Crippen molar-refractivity contribution in [2.45, 2.75) is 25.8 Å². The average Bonchev–Trinajstić information content (AvgIpc) is 2.95. The van der Waals surface area contributed by atoms with E-state index in [-0.39, 0.29) is 12.0 Å². The molecule has 0 radical (unpaired) electrons. The van der Waals surface area contributed by atoms with E-state index in [0.29, 0.717) is 23.3 Å². The van der Waals surface area contributed by atoms with Crippen LogP contribution < -0.4 is 10.1 Å². The zero-order valence-electron chi connectivity index (χ0n) is 11.4. The topological polar surface area (TPSA) is 86.0 Å². The second-order valence-electron chi connectivity index (χ2n) is 4.27. The number of ether oxygens (including phenoxy) is 1. The summed E-state index contributed by atoms with van der Waals surface area (Å²) < 4.78 is 10.3. The van der Waals surface area contributed by atoms with E-state index >= 15 is 0 Å². The van der Waals surface area contributed by atoms with Crippen molar-refractivity contribution in [2.75, 3.05) is 14.2 Å². The van der Waals surface area contributed by atoms with Crippen molar-refractivity contribution in [1.82, 2.24) is 25.4 Å². The van der Waals surface area contributed by atoms with Crippen molar-refractivity contribution in [3.63, 3.8) is 0 Å². The average molecular weight is 263 g/mol. The standard InChI is InChI=1S/C12H17N5O2/c1-7(8(2)13-3)12-16-11(17-19-12)9-5-10(18-4)15-6-14-9/h5-8,13H,1-4H3. The number of hydrogen-bond acceptors (Lipinski definition) is 7. The molecule has 2 aromatic rings. The molecule has 0 fully saturated rings. The fourth-order valence-electron chi connectivity index (χ4n) is 1.56. The summed E-state index contributed by atoms with van der Waals surface area (Å²) in [6.45, 7) is 4.08. The van der Waals surface area contributed by atoms with E-state index in [4.69, 9.17) is 9.26 Å². The van der Waals surface area contributed by atoms with Crippen molar-refractivity contribution in [2.24, 2.45) is 0 Å². The molecule has 7 heteroatoms. The predicted molar refractivity (Wildman–Crippen MR) is 68.8 cm³/mol. The van der Waals surface area contributed by atoms with Crippen molar-refractivity contribution in [1.29, 1.82) is 0 Å². The molecule has 19 heavy (non-hydrogen) atoms. The van der Waals surface area contributed by atoms with Crippen LogP contribution in [-0.2, 0) is 0 Å². The van der Waals surface area contributed by atoms with Crippen LogP contribution in [0.3, 0.4) is 0 Å². The van der Waals surface area contributed by atoms with Crippen LogP contribution in [0.4, 0.5) is 0 Å². The highest BCUT2D eigenvalue weighted by atomic mass is 16.5. The highest BCUT2D eigenvalue weighted by Gasteiger charge is 2.20. The second-order valence-corrected chi connectivity index (χ2v) is 4.27. The number of likely N-dealkylation sites (N-methyl/N-ethyl adjacent to an activating group) is 1. The Hall–Kier alpha value is -2.02. The summed E-state index contributed by atoms with van der Waals surface area (Å²) >= 11 is 0. The predicted octanol–water partition coefficient (Wildman–Crippen LogP) is 1.25. The van der Waals surface area contributed by atoms with Crippen LogP contribution in [0.5, 0.6) is 5.88 Å². The van der Waals surface area contributed by atoms with E-state index in [2.05, 4.69) is 32.3 Å². The van der Waals surface area contributed by atoms with Gasteiger partial charge < -0.3 is 14.6 Å². The summed E-state index contributed by atoms with van der Waals surface area (Å²) in [4.78, 5) is 12.4.